The average molecular weight is 730 g/mol. The van der Waals surface area contributed by atoms with Crippen molar-refractivity contribution in [2.24, 2.45) is 0 Å². The molecule has 272 valence electrons. The molecule has 0 amide bonds. The molecular weight excluding hydrogens is 690 g/mol. The average Bonchev–Trinajstić information content (AvgIpc) is 3.67. The van der Waals surface area contributed by atoms with E-state index < -0.39 is 38.2 Å². The fourth-order valence-electron chi connectivity index (χ4n) is 7.10. The van der Waals surface area contributed by atoms with E-state index in [9.17, 15) is 26.7 Å². The smallest absolute Gasteiger partial charge is 0.416 e. The van der Waals surface area contributed by atoms with E-state index in [1.807, 2.05) is 0 Å². The zero-order valence-corrected chi connectivity index (χ0v) is 28.9. The Kier molecular flexibility index (Phi) is 10.6. The van der Waals surface area contributed by atoms with Crippen LogP contribution in [0.1, 0.15) is 54.7 Å². The van der Waals surface area contributed by atoms with Gasteiger partial charge in [-0.3, -0.25) is 4.90 Å². The minimum absolute atomic E-state index is 0.0172. The van der Waals surface area contributed by atoms with Crippen molar-refractivity contribution >= 4 is 21.5 Å². The molecule has 3 atom stereocenters. The van der Waals surface area contributed by atoms with E-state index in [2.05, 4.69) is 20.2 Å². The van der Waals surface area contributed by atoms with E-state index in [0.717, 1.165) is 48.4 Å². The molecule has 0 radical (unpaired) electrons. The van der Waals surface area contributed by atoms with Crippen LogP contribution >= 0.6 is 0 Å². The normalized spacial score (nSPS) is 19.8. The molecule has 15 heteroatoms. The third kappa shape index (κ3) is 7.83. The molecule has 2 heterocycles. The highest BCUT2D eigenvalue weighted by Crippen LogP contribution is 2.41. The Labute approximate surface area is 294 Å². The van der Waals surface area contributed by atoms with Crippen LogP contribution in [0.5, 0.6) is 17.2 Å². The van der Waals surface area contributed by atoms with Crippen LogP contribution in [0, 0.1) is 5.82 Å². The first-order chi connectivity index (χ1) is 24.4. The molecule has 1 saturated carbocycles. The Morgan fingerprint density at radius 2 is 1.80 bits per heavy atom. The fraction of sp³-hybridized carbons (Fsp3) is 0.389. The second kappa shape index (κ2) is 14.9. The van der Waals surface area contributed by atoms with Crippen LogP contribution in [0.15, 0.2) is 78.1 Å². The van der Waals surface area contributed by atoms with Gasteiger partial charge in [-0.1, -0.05) is 18.2 Å². The molecule has 1 aromatic heterocycles. The number of hydrogen-bond acceptors (Lipinski definition) is 9. The van der Waals surface area contributed by atoms with Crippen molar-refractivity contribution in [3.05, 3.63) is 95.7 Å². The van der Waals surface area contributed by atoms with Gasteiger partial charge in [0.2, 0.25) is 0 Å². The Balaban J connectivity index is 1.28. The number of alkyl halides is 3. The summed E-state index contributed by atoms with van der Waals surface area (Å²) < 4.78 is 96.5. The van der Waals surface area contributed by atoms with Crippen LogP contribution < -0.4 is 19.1 Å². The number of methoxy groups -OCH3 is 2. The van der Waals surface area contributed by atoms with Crippen LogP contribution in [-0.4, -0.2) is 67.8 Å². The molecule has 0 bridgehead atoms. The first-order valence-electron chi connectivity index (χ1n) is 16.6. The molecule has 2 aliphatic rings. The van der Waals surface area contributed by atoms with Gasteiger partial charge in [0.1, 0.15) is 40.1 Å². The standard InChI is InChI=1S/C36H39F4N5O5S/c1-49-27-10-8-25(33(18-27)50-2)21-45(35-12-13-41-22-42-35)51(47,48)34-20-32(46)30(19-28(34)37)43-29-11-9-24(17-31(29)44-14-3-4-15-44)23-6-5-7-26(16-23)36(38,39)40/h5-8,10,12-13,16,18-20,22,24,29,31,43,46H,3-4,9,11,14-15,17,21H2,1-2H3/t24-,29-,31-/m0/s1. The number of nitrogens with zero attached hydrogens (tertiary/aromatic N) is 4. The number of benzene rings is 3. The summed E-state index contributed by atoms with van der Waals surface area (Å²) in [5.74, 6) is -0.892. The van der Waals surface area contributed by atoms with Gasteiger partial charge >= 0.3 is 6.18 Å². The van der Waals surface area contributed by atoms with Gasteiger partial charge < -0.3 is 19.9 Å². The van der Waals surface area contributed by atoms with Crippen LogP contribution in [0.3, 0.4) is 0 Å². The SMILES string of the molecule is COc1ccc(CN(c2ccncn2)S(=O)(=O)c2cc(O)c(N[C@H]3CC[C@H](c4cccc(C(F)(F)F)c4)C[C@@H]3N3CCCC3)cc2F)c(OC)c1. The number of sulfonamides is 1. The first kappa shape index (κ1) is 36.2. The highest BCUT2D eigenvalue weighted by atomic mass is 32.2. The summed E-state index contributed by atoms with van der Waals surface area (Å²) in [6, 6.07) is 13.1. The van der Waals surface area contributed by atoms with Gasteiger partial charge in [-0.25, -0.2) is 27.1 Å². The monoisotopic (exact) mass is 729 g/mol. The Bertz CT molecular complexity index is 1940. The third-order valence-electron chi connectivity index (χ3n) is 9.70. The topological polar surface area (TPSA) is 117 Å². The van der Waals surface area contributed by atoms with Gasteiger partial charge in [0.25, 0.3) is 10.0 Å². The number of halogens is 4. The van der Waals surface area contributed by atoms with Crippen molar-refractivity contribution in [1.29, 1.82) is 0 Å². The van der Waals surface area contributed by atoms with Crippen molar-refractivity contribution in [3.63, 3.8) is 0 Å². The maximum absolute atomic E-state index is 16.0. The van der Waals surface area contributed by atoms with Crippen LogP contribution in [0.2, 0.25) is 0 Å². The van der Waals surface area contributed by atoms with Crippen molar-refractivity contribution in [3.8, 4) is 17.2 Å². The van der Waals surface area contributed by atoms with E-state index in [4.69, 9.17) is 9.47 Å². The lowest BCUT2D eigenvalue weighted by atomic mass is 9.77. The van der Waals surface area contributed by atoms with Gasteiger partial charge in [-0.15, -0.1) is 0 Å². The van der Waals surface area contributed by atoms with Crippen molar-refractivity contribution in [2.75, 3.05) is 36.9 Å². The molecule has 1 aliphatic heterocycles. The summed E-state index contributed by atoms with van der Waals surface area (Å²) in [6.45, 7) is 1.33. The molecule has 6 rings (SSSR count). The summed E-state index contributed by atoms with van der Waals surface area (Å²) in [7, 11) is -1.75. The molecule has 0 spiro atoms. The lowest BCUT2D eigenvalue weighted by Gasteiger charge is -2.42. The lowest BCUT2D eigenvalue weighted by molar-refractivity contribution is -0.137. The number of aromatic nitrogens is 2. The van der Waals surface area contributed by atoms with Crippen molar-refractivity contribution in [2.45, 2.75) is 67.7 Å². The summed E-state index contributed by atoms with van der Waals surface area (Å²) in [5.41, 5.74) is 0.395. The number of hydrogen-bond donors (Lipinski definition) is 2. The Morgan fingerprint density at radius 3 is 2.49 bits per heavy atom. The number of ether oxygens (including phenoxy) is 2. The molecular formula is C36H39F4N5O5S. The number of phenols is 1. The molecule has 4 aromatic rings. The highest BCUT2D eigenvalue weighted by Gasteiger charge is 2.38. The molecule has 3 aromatic carbocycles. The second-order valence-corrected chi connectivity index (χ2v) is 14.6. The Hall–Kier alpha value is -4.63. The van der Waals surface area contributed by atoms with Gasteiger partial charge in [-0.2, -0.15) is 13.2 Å². The number of aromatic hydroxyl groups is 1. The number of phenolic OH excluding ortho intramolecular Hbond substituents is 1. The Morgan fingerprint density at radius 1 is 1.02 bits per heavy atom. The number of nitrogens with one attached hydrogen (secondary N) is 1. The first-order valence-corrected chi connectivity index (χ1v) is 18.0. The molecule has 1 aliphatic carbocycles. The minimum atomic E-state index is -4.67. The van der Waals surface area contributed by atoms with Gasteiger partial charge in [-0.05, 0) is 74.9 Å². The molecule has 2 N–H and O–H groups in total. The number of rotatable bonds is 11. The van der Waals surface area contributed by atoms with E-state index >= 15 is 4.39 Å². The van der Waals surface area contributed by atoms with Gasteiger partial charge in [0.15, 0.2) is 0 Å². The summed E-state index contributed by atoms with van der Waals surface area (Å²) in [5, 5.41) is 14.4. The van der Waals surface area contributed by atoms with Gasteiger partial charge in [0, 0.05) is 48.1 Å². The van der Waals surface area contributed by atoms with Crippen LogP contribution in [-0.2, 0) is 22.7 Å². The van der Waals surface area contributed by atoms with E-state index in [1.165, 1.54) is 44.9 Å². The zero-order chi connectivity index (χ0) is 36.3. The highest BCUT2D eigenvalue weighted by molar-refractivity contribution is 7.92. The zero-order valence-electron chi connectivity index (χ0n) is 28.1. The third-order valence-corrected chi connectivity index (χ3v) is 11.5. The predicted molar refractivity (Wildman–Crippen MR) is 183 cm³/mol. The van der Waals surface area contributed by atoms with Crippen molar-refractivity contribution in [1.82, 2.24) is 14.9 Å². The van der Waals surface area contributed by atoms with Crippen LogP contribution in [0.4, 0.5) is 29.1 Å². The van der Waals surface area contributed by atoms with Crippen LogP contribution in [0.25, 0.3) is 0 Å². The lowest BCUT2D eigenvalue weighted by Crippen LogP contribution is -2.49. The maximum atomic E-state index is 16.0. The minimum Gasteiger partial charge on any atom is -0.506 e. The molecule has 0 unspecified atom stereocenters. The summed E-state index contributed by atoms with van der Waals surface area (Å²) in [4.78, 5) is 9.50. The molecule has 10 nitrogen and oxygen atoms in total. The number of anilines is 2. The fourth-order valence-corrected chi connectivity index (χ4v) is 8.56. The predicted octanol–water partition coefficient (Wildman–Crippen LogP) is 6.97. The van der Waals surface area contributed by atoms with E-state index in [-0.39, 0.29) is 36.1 Å². The van der Waals surface area contributed by atoms with E-state index in [1.54, 1.807) is 24.3 Å². The second-order valence-electron chi connectivity index (χ2n) is 12.8. The largest absolute Gasteiger partial charge is 0.506 e. The van der Waals surface area contributed by atoms with Crippen molar-refractivity contribution < 1.29 is 40.6 Å². The van der Waals surface area contributed by atoms with Gasteiger partial charge in [0.05, 0.1) is 32.0 Å². The molecule has 1 saturated heterocycles. The summed E-state index contributed by atoms with van der Waals surface area (Å²) in [6.07, 6.45) is 1.72. The number of likely N-dealkylation sites (tertiary alicyclic amines) is 1. The summed E-state index contributed by atoms with van der Waals surface area (Å²) >= 11 is 0. The molecule has 2 fully saturated rings. The molecule has 51 heavy (non-hydrogen) atoms. The quantitative estimate of drug-likeness (QED) is 0.125. The maximum Gasteiger partial charge on any atom is 0.416 e. The van der Waals surface area contributed by atoms with E-state index in [0.29, 0.717) is 41.9 Å².